The number of fused-ring (bicyclic) bond motifs is 1. The molecule has 2 nitrogen and oxygen atoms in total. The smallest absolute Gasteiger partial charge is 0.125 e. The summed E-state index contributed by atoms with van der Waals surface area (Å²) >= 11 is 3.47. The normalized spacial score (nSPS) is 20.8. The maximum Gasteiger partial charge on any atom is 0.125 e. The van der Waals surface area contributed by atoms with Gasteiger partial charge in [0.2, 0.25) is 0 Å². The van der Waals surface area contributed by atoms with Crippen molar-refractivity contribution in [3.8, 4) is 5.69 Å². The van der Waals surface area contributed by atoms with Crippen LogP contribution < -0.4 is 0 Å². The lowest BCUT2D eigenvalue weighted by Gasteiger charge is -2.34. The minimum atomic E-state index is -0.442. The lowest BCUT2D eigenvalue weighted by molar-refractivity contribution is 0.0987. The molecule has 1 N–H and O–H groups in total. The Hall–Kier alpha value is -1.13. The first-order valence-corrected chi connectivity index (χ1v) is 7.50. The Bertz CT molecular complexity index is 662. The summed E-state index contributed by atoms with van der Waals surface area (Å²) in [4.78, 5) is 0. The van der Waals surface area contributed by atoms with E-state index < -0.39 is 6.10 Å². The van der Waals surface area contributed by atoms with Gasteiger partial charge < -0.3 is 9.67 Å². The van der Waals surface area contributed by atoms with Crippen LogP contribution in [0.15, 0.2) is 34.9 Å². The third-order valence-electron chi connectivity index (χ3n) is 3.95. The molecule has 4 heteroatoms. The van der Waals surface area contributed by atoms with Gasteiger partial charge >= 0.3 is 0 Å². The summed E-state index contributed by atoms with van der Waals surface area (Å²) in [5, 5.41) is 10.3. The summed E-state index contributed by atoms with van der Waals surface area (Å²) in [5.41, 5.74) is 2.85. The van der Waals surface area contributed by atoms with Crippen LogP contribution in [0.3, 0.4) is 0 Å². The van der Waals surface area contributed by atoms with E-state index in [1.807, 2.05) is 16.8 Å². The van der Waals surface area contributed by atoms with E-state index in [2.05, 4.69) is 29.8 Å². The van der Waals surface area contributed by atoms with Crippen molar-refractivity contribution in [2.24, 2.45) is 5.41 Å². The van der Waals surface area contributed by atoms with E-state index in [9.17, 15) is 9.50 Å². The number of rotatable bonds is 1. The van der Waals surface area contributed by atoms with E-state index in [1.54, 1.807) is 6.07 Å². The van der Waals surface area contributed by atoms with Gasteiger partial charge in [-0.2, -0.15) is 0 Å². The molecule has 106 valence electrons. The second-order valence-corrected chi connectivity index (χ2v) is 7.10. The Morgan fingerprint density at radius 1 is 1.35 bits per heavy atom. The molecule has 0 spiro atoms. The summed E-state index contributed by atoms with van der Waals surface area (Å²) in [7, 11) is 0. The van der Waals surface area contributed by atoms with Gasteiger partial charge in [0.15, 0.2) is 0 Å². The molecule has 1 atom stereocenters. The lowest BCUT2D eigenvalue weighted by atomic mass is 9.75. The maximum absolute atomic E-state index is 13.5. The lowest BCUT2D eigenvalue weighted by Crippen LogP contribution is -2.26. The van der Waals surface area contributed by atoms with Crippen LogP contribution in [0.2, 0.25) is 0 Å². The van der Waals surface area contributed by atoms with Gasteiger partial charge in [-0.15, -0.1) is 0 Å². The van der Waals surface area contributed by atoms with Crippen LogP contribution in [-0.2, 0) is 6.42 Å². The Morgan fingerprint density at radius 2 is 2.10 bits per heavy atom. The summed E-state index contributed by atoms with van der Waals surface area (Å²) in [6.45, 7) is 4.30. The fourth-order valence-electron chi connectivity index (χ4n) is 3.03. The van der Waals surface area contributed by atoms with E-state index >= 15 is 0 Å². The molecule has 1 heterocycles. The first kappa shape index (κ1) is 13.8. The molecule has 0 saturated carbocycles. The molecule has 20 heavy (non-hydrogen) atoms. The molecular weight excluding hydrogens is 321 g/mol. The van der Waals surface area contributed by atoms with Crippen molar-refractivity contribution in [3.63, 3.8) is 0 Å². The fraction of sp³-hybridized carbons (Fsp3) is 0.375. The monoisotopic (exact) mass is 337 g/mol. The predicted molar refractivity (Wildman–Crippen MR) is 80.5 cm³/mol. The van der Waals surface area contributed by atoms with Gasteiger partial charge in [-0.25, -0.2) is 4.39 Å². The third-order valence-corrected chi connectivity index (χ3v) is 4.62. The molecule has 0 fully saturated rings. The summed E-state index contributed by atoms with van der Waals surface area (Å²) in [6, 6.07) is 6.59. The van der Waals surface area contributed by atoms with Crippen molar-refractivity contribution in [3.05, 3.63) is 52.0 Å². The molecule has 1 unspecified atom stereocenters. The second-order valence-electron chi connectivity index (χ2n) is 6.24. The van der Waals surface area contributed by atoms with Gasteiger partial charge in [-0.05, 0) is 58.5 Å². The van der Waals surface area contributed by atoms with E-state index in [1.165, 1.54) is 12.1 Å². The molecular formula is C16H17BrFNO. The van der Waals surface area contributed by atoms with Gasteiger partial charge in [0, 0.05) is 21.9 Å². The molecule has 1 aliphatic rings. The van der Waals surface area contributed by atoms with E-state index in [0.29, 0.717) is 0 Å². The third kappa shape index (κ3) is 2.31. The molecule has 0 bridgehead atoms. The Kier molecular flexibility index (Phi) is 3.26. The topological polar surface area (TPSA) is 25.2 Å². The minimum absolute atomic E-state index is 0.0440. The van der Waals surface area contributed by atoms with E-state index in [-0.39, 0.29) is 11.2 Å². The van der Waals surface area contributed by atoms with Crippen LogP contribution >= 0.6 is 15.9 Å². The second kappa shape index (κ2) is 4.71. The summed E-state index contributed by atoms with van der Waals surface area (Å²) < 4.78 is 16.3. The van der Waals surface area contributed by atoms with Crippen LogP contribution in [0, 0.1) is 11.2 Å². The van der Waals surface area contributed by atoms with Crippen molar-refractivity contribution < 1.29 is 9.50 Å². The largest absolute Gasteiger partial charge is 0.388 e. The average Bonchev–Trinajstić information content (AvgIpc) is 2.74. The van der Waals surface area contributed by atoms with E-state index in [4.69, 9.17) is 0 Å². The first-order chi connectivity index (χ1) is 9.37. The predicted octanol–water partition coefficient (Wildman–Crippen LogP) is 4.38. The molecule has 3 rings (SSSR count). The minimum Gasteiger partial charge on any atom is -0.388 e. The molecule has 0 aliphatic heterocycles. The van der Waals surface area contributed by atoms with Crippen LogP contribution in [0.25, 0.3) is 5.69 Å². The van der Waals surface area contributed by atoms with Gasteiger partial charge in [0.1, 0.15) is 5.82 Å². The Labute approximate surface area is 126 Å². The first-order valence-electron chi connectivity index (χ1n) is 6.71. The number of nitrogens with zero attached hydrogens (tertiary/aromatic N) is 1. The SMILES string of the molecule is CC1(C)Cc2c(ccn2-c2cc(F)ccc2Br)C(O)C1. The van der Waals surface area contributed by atoms with Gasteiger partial charge in [-0.3, -0.25) is 0 Å². The number of halogens is 2. The number of aromatic nitrogens is 1. The summed E-state index contributed by atoms with van der Waals surface area (Å²) in [6.07, 6.45) is 3.10. The van der Waals surface area contributed by atoms with Crippen LogP contribution in [-0.4, -0.2) is 9.67 Å². The Balaban J connectivity index is 2.16. The van der Waals surface area contributed by atoms with Crippen LogP contribution in [0.1, 0.15) is 37.6 Å². The maximum atomic E-state index is 13.5. The van der Waals surface area contributed by atoms with Crippen molar-refractivity contribution in [2.45, 2.75) is 32.8 Å². The van der Waals surface area contributed by atoms with Crippen LogP contribution in [0.5, 0.6) is 0 Å². The van der Waals surface area contributed by atoms with Crippen molar-refractivity contribution in [1.82, 2.24) is 4.57 Å². The Morgan fingerprint density at radius 3 is 2.85 bits per heavy atom. The fourth-order valence-corrected chi connectivity index (χ4v) is 3.46. The molecule has 0 saturated heterocycles. The van der Waals surface area contributed by atoms with Crippen molar-refractivity contribution in [1.29, 1.82) is 0 Å². The highest BCUT2D eigenvalue weighted by Gasteiger charge is 2.33. The van der Waals surface area contributed by atoms with Crippen molar-refractivity contribution in [2.75, 3.05) is 0 Å². The molecule has 2 aromatic rings. The highest BCUT2D eigenvalue weighted by molar-refractivity contribution is 9.10. The van der Waals surface area contributed by atoms with Crippen LogP contribution in [0.4, 0.5) is 4.39 Å². The molecule has 1 aliphatic carbocycles. The zero-order chi connectivity index (χ0) is 14.5. The van der Waals surface area contributed by atoms with Gasteiger partial charge in [-0.1, -0.05) is 13.8 Å². The highest BCUT2D eigenvalue weighted by atomic mass is 79.9. The quantitative estimate of drug-likeness (QED) is 0.820. The molecule has 1 aromatic carbocycles. The van der Waals surface area contributed by atoms with Crippen molar-refractivity contribution >= 4 is 15.9 Å². The number of hydrogen-bond donors (Lipinski definition) is 1. The highest BCUT2D eigenvalue weighted by Crippen LogP contribution is 2.42. The zero-order valence-electron chi connectivity index (χ0n) is 11.5. The standard InChI is InChI=1S/C16H17BrFNO/c1-16(2)8-14-11(15(20)9-16)5-6-19(14)13-7-10(18)3-4-12(13)17/h3-7,15,20H,8-9H2,1-2H3. The molecule has 0 radical (unpaired) electrons. The zero-order valence-corrected chi connectivity index (χ0v) is 13.1. The van der Waals surface area contributed by atoms with E-state index in [0.717, 1.165) is 34.3 Å². The number of hydrogen-bond acceptors (Lipinski definition) is 1. The number of benzene rings is 1. The average molecular weight is 338 g/mol. The molecule has 0 amide bonds. The molecule has 1 aromatic heterocycles. The van der Waals surface area contributed by atoms with Gasteiger partial charge in [0.05, 0.1) is 11.8 Å². The summed E-state index contributed by atoms with van der Waals surface area (Å²) in [5.74, 6) is -0.263. The van der Waals surface area contributed by atoms with Gasteiger partial charge in [0.25, 0.3) is 0 Å². The number of aliphatic hydroxyl groups is 1. The number of aliphatic hydroxyl groups excluding tert-OH is 1.